The van der Waals surface area contributed by atoms with Gasteiger partial charge in [0.1, 0.15) is 12.0 Å². The molecule has 0 saturated carbocycles. The fraction of sp³-hybridized carbons (Fsp3) is 0.667. The Bertz CT molecular complexity index is 358. The molecule has 0 unspecified atom stereocenters. The second-order valence-electron chi connectivity index (χ2n) is 4.15. The number of nitrogen functional groups attached to an aromatic ring is 1. The van der Waals surface area contributed by atoms with Gasteiger partial charge >= 0.3 is 0 Å². The first-order chi connectivity index (χ1) is 8.70. The summed E-state index contributed by atoms with van der Waals surface area (Å²) in [5.74, 6) is 1.44. The van der Waals surface area contributed by atoms with Crippen LogP contribution in [0.2, 0.25) is 0 Å². The molecular formula is C12H23N5O. The van der Waals surface area contributed by atoms with Gasteiger partial charge in [-0.3, -0.25) is 0 Å². The van der Waals surface area contributed by atoms with Crippen molar-refractivity contribution < 1.29 is 4.74 Å². The number of hydrogen-bond acceptors (Lipinski definition) is 6. The molecule has 18 heavy (non-hydrogen) atoms. The molecular weight excluding hydrogens is 230 g/mol. The van der Waals surface area contributed by atoms with Crippen LogP contribution in [-0.2, 0) is 4.74 Å². The molecule has 0 bridgehead atoms. The minimum Gasteiger partial charge on any atom is -0.393 e. The third-order valence-corrected chi connectivity index (χ3v) is 2.67. The maximum atomic E-state index is 6.07. The maximum Gasteiger partial charge on any atom is 0.157 e. The average Bonchev–Trinajstić information content (AvgIpc) is 2.38. The van der Waals surface area contributed by atoms with E-state index >= 15 is 0 Å². The second-order valence-corrected chi connectivity index (χ2v) is 4.15. The lowest BCUT2D eigenvalue weighted by Crippen LogP contribution is -2.22. The number of unbranched alkanes of at least 4 members (excludes halogenated alkanes) is 1. The number of aromatic nitrogens is 2. The lowest BCUT2D eigenvalue weighted by molar-refractivity contribution is 0.210. The predicted molar refractivity (Wildman–Crippen MR) is 75.0 cm³/mol. The van der Waals surface area contributed by atoms with Crippen LogP contribution in [0.15, 0.2) is 6.33 Å². The quantitative estimate of drug-likeness (QED) is 0.681. The van der Waals surface area contributed by atoms with Crippen LogP contribution in [0.1, 0.15) is 19.8 Å². The van der Waals surface area contributed by atoms with Crippen LogP contribution in [0.4, 0.5) is 17.3 Å². The van der Waals surface area contributed by atoms with Crippen molar-refractivity contribution in [3.63, 3.8) is 0 Å². The summed E-state index contributed by atoms with van der Waals surface area (Å²) in [6.07, 6.45) is 3.80. The lowest BCUT2D eigenvalue weighted by atomic mass is 10.3. The fourth-order valence-corrected chi connectivity index (χ4v) is 1.60. The van der Waals surface area contributed by atoms with E-state index in [1.807, 2.05) is 7.05 Å². The summed E-state index contributed by atoms with van der Waals surface area (Å²) in [6, 6.07) is 0. The van der Waals surface area contributed by atoms with Gasteiger partial charge in [0.15, 0.2) is 11.6 Å². The van der Waals surface area contributed by atoms with Gasteiger partial charge in [-0.1, -0.05) is 13.3 Å². The normalized spacial score (nSPS) is 10.4. The van der Waals surface area contributed by atoms with E-state index in [0.29, 0.717) is 24.7 Å². The molecule has 0 atom stereocenters. The van der Waals surface area contributed by atoms with E-state index in [-0.39, 0.29) is 0 Å². The molecule has 0 amide bonds. The third kappa shape index (κ3) is 4.03. The molecule has 0 aromatic carbocycles. The van der Waals surface area contributed by atoms with Gasteiger partial charge in [0, 0.05) is 27.2 Å². The first-order valence-electron chi connectivity index (χ1n) is 6.25. The molecule has 0 aliphatic rings. The van der Waals surface area contributed by atoms with Crippen LogP contribution in [0.25, 0.3) is 0 Å². The largest absolute Gasteiger partial charge is 0.393 e. The predicted octanol–water partition coefficient (Wildman–Crippen LogP) is 1.35. The average molecular weight is 253 g/mol. The van der Waals surface area contributed by atoms with Crippen molar-refractivity contribution in [2.75, 3.05) is 49.8 Å². The van der Waals surface area contributed by atoms with E-state index in [2.05, 4.69) is 27.1 Å². The third-order valence-electron chi connectivity index (χ3n) is 2.67. The van der Waals surface area contributed by atoms with Gasteiger partial charge in [0.2, 0.25) is 0 Å². The number of anilines is 3. The molecule has 1 aromatic heterocycles. The molecule has 0 aliphatic heterocycles. The zero-order valence-corrected chi connectivity index (χ0v) is 11.4. The fourth-order valence-electron chi connectivity index (χ4n) is 1.60. The van der Waals surface area contributed by atoms with E-state index < -0.39 is 0 Å². The smallest absolute Gasteiger partial charge is 0.157 e. The zero-order chi connectivity index (χ0) is 13.4. The number of nitrogens with one attached hydrogen (secondary N) is 1. The molecule has 1 heterocycles. The Morgan fingerprint density at radius 3 is 2.89 bits per heavy atom. The molecule has 0 saturated heterocycles. The van der Waals surface area contributed by atoms with Crippen molar-refractivity contribution in [1.82, 2.24) is 9.97 Å². The van der Waals surface area contributed by atoms with Gasteiger partial charge in [0.25, 0.3) is 0 Å². The lowest BCUT2D eigenvalue weighted by Gasteiger charge is -2.20. The summed E-state index contributed by atoms with van der Waals surface area (Å²) < 4.78 is 4.98. The van der Waals surface area contributed by atoms with Crippen LogP contribution in [0, 0.1) is 0 Å². The monoisotopic (exact) mass is 253 g/mol. The van der Waals surface area contributed by atoms with Crippen molar-refractivity contribution in [3.8, 4) is 0 Å². The van der Waals surface area contributed by atoms with Crippen LogP contribution in [-0.4, -0.2) is 43.8 Å². The molecule has 0 fully saturated rings. The number of nitrogens with zero attached hydrogens (tertiary/aromatic N) is 3. The molecule has 102 valence electrons. The molecule has 1 aromatic rings. The summed E-state index contributed by atoms with van der Waals surface area (Å²) in [4.78, 5) is 10.4. The molecule has 6 nitrogen and oxygen atoms in total. The highest BCUT2D eigenvalue weighted by Crippen LogP contribution is 2.25. The Morgan fingerprint density at radius 1 is 1.44 bits per heavy atom. The molecule has 0 aliphatic carbocycles. The number of hydrogen-bond donors (Lipinski definition) is 2. The first-order valence-corrected chi connectivity index (χ1v) is 6.25. The van der Waals surface area contributed by atoms with Gasteiger partial charge in [0.05, 0.1) is 6.61 Å². The summed E-state index contributed by atoms with van der Waals surface area (Å²) >= 11 is 0. The highest BCUT2D eigenvalue weighted by atomic mass is 16.5. The summed E-state index contributed by atoms with van der Waals surface area (Å²) in [6.45, 7) is 4.39. The van der Waals surface area contributed by atoms with Crippen LogP contribution in [0.5, 0.6) is 0 Å². The summed E-state index contributed by atoms with van der Waals surface area (Å²) in [5.41, 5.74) is 6.66. The van der Waals surface area contributed by atoms with Crippen LogP contribution >= 0.6 is 0 Å². The van der Waals surface area contributed by atoms with Crippen molar-refractivity contribution in [2.45, 2.75) is 19.8 Å². The van der Waals surface area contributed by atoms with E-state index in [1.165, 1.54) is 6.33 Å². The van der Waals surface area contributed by atoms with Crippen LogP contribution in [0.3, 0.4) is 0 Å². The maximum absolute atomic E-state index is 6.07. The standard InChI is InChI=1S/C12H23N5O/c1-4-5-7-17(2)12-10(13)11(15-9-16-12)14-6-8-18-3/h9H,4-8,13H2,1-3H3,(H,14,15,16). The number of ether oxygens (including phenoxy) is 1. The number of rotatable bonds is 8. The van der Waals surface area contributed by atoms with Gasteiger partial charge in [-0.25, -0.2) is 9.97 Å². The van der Waals surface area contributed by atoms with Gasteiger partial charge in [-0.15, -0.1) is 0 Å². The Kier molecular flexibility index (Phi) is 6.21. The van der Waals surface area contributed by atoms with Crippen molar-refractivity contribution in [1.29, 1.82) is 0 Å². The topological polar surface area (TPSA) is 76.3 Å². The van der Waals surface area contributed by atoms with Gasteiger partial charge in [-0.05, 0) is 6.42 Å². The Morgan fingerprint density at radius 2 is 2.22 bits per heavy atom. The minimum atomic E-state index is 0.590. The highest BCUT2D eigenvalue weighted by molar-refractivity contribution is 5.74. The molecule has 0 radical (unpaired) electrons. The Balaban J connectivity index is 2.71. The molecule has 1 rings (SSSR count). The molecule has 0 spiro atoms. The van der Waals surface area contributed by atoms with Gasteiger partial charge in [-0.2, -0.15) is 0 Å². The van der Waals surface area contributed by atoms with E-state index in [1.54, 1.807) is 7.11 Å². The van der Waals surface area contributed by atoms with Crippen molar-refractivity contribution >= 4 is 17.3 Å². The zero-order valence-electron chi connectivity index (χ0n) is 11.4. The van der Waals surface area contributed by atoms with E-state index in [9.17, 15) is 0 Å². The molecule has 6 heteroatoms. The summed E-state index contributed by atoms with van der Waals surface area (Å²) in [7, 11) is 3.66. The highest BCUT2D eigenvalue weighted by Gasteiger charge is 2.11. The first kappa shape index (κ1) is 14.5. The summed E-state index contributed by atoms with van der Waals surface area (Å²) in [5, 5.41) is 3.14. The minimum absolute atomic E-state index is 0.590. The Labute approximate surface area is 109 Å². The van der Waals surface area contributed by atoms with E-state index in [4.69, 9.17) is 10.5 Å². The molecule has 3 N–H and O–H groups in total. The van der Waals surface area contributed by atoms with Crippen molar-refractivity contribution in [3.05, 3.63) is 6.33 Å². The van der Waals surface area contributed by atoms with Crippen LogP contribution < -0.4 is 16.0 Å². The number of nitrogens with two attached hydrogens (primary N) is 1. The second kappa shape index (κ2) is 7.71. The SMILES string of the molecule is CCCCN(C)c1ncnc(NCCOC)c1N. The number of methoxy groups -OCH3 is 1. The van der Waals surface area contributed by atoms with E-state index in [0.717, 1.165) is 25.2 Å². The Hall–Kier alpha value is -1.56. The van der Waals surface area contributed by atoms with Crippen molar-refractivity contribution in [2.24, 2.45) is 0 Å². The van der Waals surface area contributed by atoms with Gasteiger partial charge < -0.3 is 20.7 Å².